The highest BCUT2D eigenvalue weighted by molar-refractivity contribution is 6.10. The van der Waals surface area contributed by atoms with Crippen LogP contribution >= 0.6 is 0 Å². The van der Waals surface area contributed by atoms with Crippen LogP contribution in [0.4, 0.5) is 5.69 Å². The van der Waals surface area contributed by atoms with Crippen molar-refractivity contribution in [3.05, 3.63) is 78.4 Å². The van der Waals surface area contributed by atoms with Crippen LogP contribution in [0.25, 0.3) is 21.8 Å². The van der Waals surface area contributed by atoms with Gasteiger partial charge in [0, 0.05) is 47.0 Å². The van der Waals surface area contributed by atoms with Crippen molar-refractivity contribution in [1.82, 2.24) is 9.47 Å². The summed E-state index contributed by atoms with van der Waals surface area (Å²) in [5, 5.41) is 5.37. The Morgan fingerprint density at radius 1 is 1.00 bits per heavy atom. The number of carbonyl (C=O) groups excluding carboxylic acids is 2. The molecule has 1 N–H and O–H groups in total. The number of likely N-dealkylation sites (tertiary alicyclic amines) is 1. The summed E-state index contributed by atoms with van der Waals surface area (Å²) in [5.74, 6) is -0.413. The van der Waals surface area contributed by atoms with Crippen LogP contribution in [-0.4, -0.2) is 27.8 Å². The quantitative estimate of drug-likeness (QED) is 0.468. The lowest BCUT2D eigenvalue weighted by Crippen LogP contribution is -2.30. The van der Waals surface area contributed by atoms with E-state index in [0.717, 1.165) is 28.7 Å². The summed E-state index contributed by atoms with van der Waals surface area (Å²) in [6.07, 6.45) is 0.250. The van der Waals surface area contributed by atoms with Crippen molar-refractivity contribution in [3.8, 4) is 0 Å². The van der Waals surface area contributed by atoms with E-state index in [0.29, 0.717) is 6.54 Å². The summed E-state index contributed by atoms with van der Waals surface area (Å²) < 4.78 is 2.29. The average Bonchev–Trinajstić information content (AvgIpc) is 3.37. The first kappa shape index (κ1) is 20.3. The first-order valence-electron chi connectivity index (χ1n) is 11.2. The fourth-order valence-electron chi connectivity index (χ4n) is 4.91. The smallest absolute Gasteiger partial charge is 0.229 e. The van der Waals surface area contributed by atoms with Gasteiger partial charge in [0.1, 0.15) is 0 Å². The third-order valence-electron chi connectivity index (χ3n) is 6.63. The van der Waals surface area contributed by atoms with Crippen LogP contribution in [0.15, 0.2) is 72.8 Å². The fraction of sp³-hybridized carbons (Fsp3) is 0.259. The Hall–Kier alpha value is -3.60. The van der Waals surface area contributed by atoms with Crippen molar-refractivity contribution in [2.75, 3.05) is 11.9 Å². The molecule has 1 aliphatic heterocycles. The van der Waals surface area contributed by atoms with E-state index in [-0.39, 0.29) is 30.2 Å². The Morgan fingerprint density at radius 3 is 2.50 bits per heavy atom. The minimum absolute atomic E-state index is 0.0305. The van der Waals surface area contributed by atoms with Crippen molar-refractivity contribution in [2.24, 2.45) is 5.92 Å². The van der Waals surface area contributed by atoms with Gasteiger partial charge in [-0.25, -0.2) is 0 Å². The van der Waals surface area contributed by atoms with E-state index in [4.69, 9.17) is 0 Å². The molecule has 32 heavy (non-hydrogen) atoms. The summed E-state index contributed by atoms with van der Waals surface area (Å²) in [5.41, 5.74) is 4.20. The number of para-hydroxylation sites is 1. The number of hydrogen-bond donors (Lipinski definition) is 1. The van der Waals surface area contributed by atoms with Gasteiger partial charge in [0.05, 0.1) is 12.0 Å². The molecular weight excluding hydrogens is 398 g/mol. The number of amides is 2. The molecule has 5 heteroatoms. The van der Waals surface area contributed by atoms with Gasteiger partial charge in [-0.15, -0.1) is 0 Å². The highest BCUT2D eigenvalue weighted by atomic mass is 16.2. The maximum atomic E-state index is 13.0. The van der Waals surface area contributed by atoms with Gasteiger partial charge in [-0.1, -0.05) is 48.5 Å². The second-order valence-corrected chi connectivity index (χ2v) is 8.52. The lowest BCUT2D eigenvalue weighted by Gasteiger charge is -2.25. The van der Waals surface area contributed by atoms with E-state index in [1.807, 2.05) is 60.4 Å². The van der Waals surface area contributed by atoms with Gasteiger partial charge in [0.2, 0.25) is 11.8 Å². The third-order valence-corrected chi connectivity index (χ3v) is 6.63. The maximum Gasteiger partial charge on any atom is 0.229 e. The number of nitrogens with one attached hydrogen (secondary N) is 1. The summed E-state index contributed by atoms with van der Waals surface area (Å²) in [7, 11) is 0. The van der Waals surface area contributed by atoms with E-state index < -0.39 is 0 Å². The van der Waals surface area contributed by atoms with Crippen molar-refractivity contribution in [1.29, 1.82) is 0 Å². The van der Waals surface area contributed by atoms with Crippen LogP contribution in [0.3, 0.4) is 0 Å². The minimum atomic E-state index is -0.346. The molecule has 1 aromatic heterocycles. The predicted molar refractivity (Wildman–Crippen MR) is 128 cm³/mol. The topological polar surface area (TPSA) is 54.3 Å². The molecule has 0 radical (unpaired) electrons. The molecule has 1 saturated heterocycles. The van der Waals surface area contributed by atoms with Crippen molar-refractivity contribution in [3.63, 3.8) is 0 Å². The van der Waals surface area contributed by atoms with E-state index in [2.05, 4.69) is 41.1 Å². The van der Waals surface area contributed by atoms with Crippen LogP contribution < -0.4 is 5.32 Å². The van der Waals surface area contributed by atoms with Gasteiger partial charge in [-0.3, -0.25) is 9.59 Å². The summed E-state index contributed by atoms with van der Waals surface area (Å²) in [6, 6.07) is 24.3. The molecule has 3 aromatic carbocycles. The highest BCUT2D eigenvalue weighted by Gasteiger charge is 2.37. The van der Waals surface area contributed by atoms with Crippen LogP contribution in [-0.2, 0) is 16.1 Å². The molecule has 2 atom stereocenters. The Balaban J connectivity index is 1.36. The number of carbonyl (C=O) groups is 2. The first-order valence-corrected chi connectivity index (χ1v) is 11.2. The van der Waals surface area contributed by atoms with Crippen LogP contribution in [0, 0.1) is 5.92 Å². The van der Waals surface area contributed by atoms with Gasteiger partial charge < -0.3 is 14.8 Å². The Kier molecular flexibility index (Phi) is 5.17. The Bertz CT molecular complexity index is 1310. The van der Waals surface area contributed by atoms with Gasteiger partial charge >= 0.3 is 0 Å². The number of fused-ring (bicyclic) bond motifs is 3. The average molecular weight is 426 g/mol. The Morgan fingerprint density at radius 2 is 1.72 bits per heavy atom. The number of hydrogen-bond acceptors (Lipinski definition) is 2. The highest BCUT2D eigenvalue weighted by Crippen LogP contribution is 2.32. The zero-order valence-electron chi connectivity index (χ0n) is 18.4. The summed E-state index contributed by atoms with van der Waals surface area (Å²) >= 11 is 0. The zero-order chi connectivity index (χ0) is 22.2. The van der Waals surface area contributed by atoms with Gasteiger partial charge in [0.15, 0.2) is 0 Å². The van der Waals surface area contributed by atoms with Gasteiger partial charge in [-0.2, -0.15) is 0 Å². The number of aromatic nitrogens is 1. The molecule has 162 valence electrons. The molecule has 0 aliphatic carbocycles. The molecule has 2 unspecified atom stereocenters. The van der Waals surface area contributed by atoms with Gasteiger partial charge in [0.25, 0.3) is 0 Å². The molecule has 5 rings (SSSR count). The zero-order valence-corrected chi connectivity index (χ0v) is 18.4. The minimum Gasteiger partial charge on any atom is -0.341 e. The molecule has 2 amide bonds. The monoisotopic (exact) mass is 425 g/mol. The van der Waals surface area contributed by atoms with Crippen LogP contribution in [0.1, 0.15) is 31.9 Å². The van der Waals surface area contributed by atoms with Crippen molar-refractivity contribution >= 4 is 39.3 Å². The molecule has 4 aromatic rings. The molecule has 1 fully saturated rings. The molecule has 2 heterocycles. The summed E-state index contributed by atoms with van der Waals surface area (Å²) in [4.78, 5) is 27.5. The number of aryl methyl sites for hydroxylation is 1. The van der Waals surface area contributed by atoms with E-state index in [1.165, 1.54) is 10.9 Å². The van der Waals surface area contributed by atoms with Crippen LogP contribution in [0.2, 0.25) is 0 Å². The lowest BCUT2D eigenvalue weighted by atomic mass is 10.1. The second kappa shape index (κ2) is 8.15. The van der Waals surface area contributed by atoms with Crippen LogP contribution in [0.5, 0.6) is 0 Å². The maximum absolute atomic E-state index is 13.0. The molecule has 1 aliphatic rings. The van der Waals surface area contributed by atoms with E-state index >= 15 is 0 Å². The molecule has 5 nitrogen and oxygen atoms in total. The van der Waals surface area contributed by atoms with E-state index in [9.17, 15) is 9.59 Å². The standard InChI is InChI=1S/C27H27N3O2/c1-3-29-24-12-8-7-11-22(24)23-16-21(13-14-25(23)29)28-27(32)20-15-26(31)30(17-20)18(2)19-9-5-4-6-10-19/h4-14,16,18,20H,3,15,17H2,1-2H3,(H,28,32). The predicted octanol–water partition coefficient (Wildman–Crippen LogP) is 5.36. The number of anilines is 1. The number of benzene rings is 3. The molecule has 0 saturated carbocycles. The molecule has 0 bridgehead atoms. The lowest BCUT2D eigenvalue weighted by molar-refractivity contribution is -0.129. The Labute approximate surface area is 187 Å². The summed E-state index contributed by atoms with van der Waals surface area (Å²) in [6.45, 7) is 5.49. The first-order chi connectivity index (χ1) is 15.6. The number of rotatable bonds is 5. The van der Waals surface area contributed by atoms with Crippen molar-refractivity contribution < 1.29 is 9.59 Å². The van der Waals surface area contributed by atoms with E-state index in [1.54, 1.807) is 0 Å². The van der Waals surface area contributed by atoms with Gasteiger partial charge in [-0.05, 0) is 43.7 Å². The SMILES string of the molecule is CCn1c2ccccc2c2cc(NC(=O)C3CC(=O)N(C(C)c4ccccc4)C3)ccc21. The molecular formula is C27H27N3O2. The number of nitrogens with zero attached hydrogens (tertiary/aromatic N) is 2. The second-order valence-electron chi connectivity index (χ2n) is 8.52. The molecule has 0 spiro atoms. The fourth-order valence-corrected chi connectivity index (χ4v) is 4.91. The van der Waals surface area contributed by atoms with Crippen molar-refractivity contribution in [2.45, 2.75) is 32.9 Å². The largest absolute Gasteiger partial charge is 0.341 e. The third kappa shape index (κ3) is 3.44. The normalized spacial score (nSPS) is 17.2.